The largest absolute Gasteiger partial charge is 0.224 e. The smallest absolute Gasteiger partial charge is 0.178 e. The SMILES string of the molecule is Cc1ccc(S(=O)(=O)CC(C)(C)C(C)C)cc1. The maximum absolute atomic E-state index is 12.3. The van der Waals surface area contributed by atoms with Crippen molar-refractivity contribution >= 4 is 9.84 Å². The van der Waals surface area contributed by atoms with Gasteiger partial charge >= 0.3 is 0 Å². The van der Waals surface area contributed by atoms with E-state index in [1.165, 1.54) is 0 Å². The molecule has 1 aromatic carbocycles. The van der Waals surface area contributed by atoms with Gasteiger partial charge < -0.3 is 0 Å². The highest BCUT2D eigenvalue weighted by molar-refractivity contribution is 7.91. The molecule has 0 aliphatic carbocycles. The normalized spacial score (nSPS) is 13.1. The van der Waals surface area contributed by atoms with Gasteiger partial charge in [-0.25, -0.2) is 8.42 Å². The van der Waals surface area contributed by atoms with Crippen molar-refractivity contribution < 1.29 is 8.42 Å². The molecule has 0 aliphatic heterocycles. The van der Waals surface area contributed by atoms with Crippen LogP contribution < -0.4 is 0 Å². The van der Waals surface area contributed by atoms with Crippen molar-refractivity contribution in [2.75, 3.05) is 5.75 Å². The molecular weight excluding hydrogens is 232 g/mol. The monoisotopic (exact) mass is 254 g/mol. The molecule has 0 amide bonds. The summed E-state index contributed by atoms with van der Waals surface area (Å²) in [4.78, 5) is 0.428. The average molecular weight is 254 g/mol. The van der Waals surface area contributed by atoms with Crippen molar-refractivity contribution in [1.82, 2.24) is 0 Å². The first-order valence-electron chi connectivity index (χ1n) is 5.94. The summed E-state index contributed by atoms with van der Waals surface area (Å²) in [5.74, 6) is 0.531. The highest BCUT2D eigenvalue weighted by Gasteiger charge is 2.30. The van der Waals surface area contributed by atoms with Gasteiger partial charge in [0.1, 0.15) is 0 Å². The van der Waals surface area contributed by atoms with Crippen molar-refractivity contribution in [2.24, 2.45) is 11.3 Å². The maximum Gasteiger partial charge on any atom is 0.178 e. The van der Waals surface area contributed by atoms with Gasteiger partial charge in [0.15, 0.2) is 9.84 Å². The van der Waals surface area contributed by atoms with Gasteiger partial charge in [-0.05, 0) is 30.4 Å². The molecular formula is C14H22O2S. The van der Waals surface area contributed by atoms with E-state index in [0.29, 0.717) is 10.8 Å². The van der Waals surface area contributed by atoms with Crippen molar-refractivity contribution in [3.05, 3.63) is 29.8 Å². The van der Waals surface area contributed by atoms with Gasteiger partial charge in [-0.2, -0.15) is 0 Å². The van der Waals surface area contributed by atoms with E-state index in [-0.39, 0.29) is 11.2 Å². The second kappa shape index (κ2) is 4.81. The minimum Gasteiger partial charge on any atom is -0.224 e. The van der Waals surface area contributed by atoms with Crippen LogP contribution in [0, 0.1) is 18.3 Å². The molecule has 0 aliphatic rings. The molecule has 0 saturated carbocycles. The fourth-order valence-electron chi connectivity index (χ4n) is 1.49. The van der Waals surface area contributed by atoms with E-state index in [9.17, 15) is 8.42 Å². The molecule has 0 radical (unpaired) electrons. The molecule has 0 saturated heterocycles. The second-order valence-corrected chi connectivity index (χ2v) is 7.70. The number of hydrogen-bond acceptors (Lipinski definition) is 2. The van der Waals surface area contributed by atoms with Crippen LogP contribution in [0.4, 0.5) is 0 Å². The molecule has 0 N–H and O–H groups in total. The van der Waals surface area contributed by atoms with Crippen LogP contribution in [0.1, 0.15) is 33.3 Å². The van der Waals surface area contributed by atoms with E-state index in [2.05, 4.69) is 13.8 Å². The third kappa shape index (κ3) is 3.56. The Kier molecular flexibility index (Phi) is 4.03. The summed E-state index contributed by atoms with van der Waals surface area (Å²) in [6.45, 7) is 10.1. The summed E-state index contributed by atoms with van der Waals surface area (Å²) in [5, 5.41) is 0. The van der Waals surface area contributed by atoms with E-state index in [1.54, 1.807) is 12.1 Å². The quantitative estimate of drug-likeness (QED) is 0.824. The number of rotatable bonds is 4. The summed E-state index contributed by atoms with van der Waals surface area (Å²) >= 11 is 0. The molecule has 0 atom stereocenters. The third-order valence-electron chi connectivity index (χ3n) is 3.51. The minimum atomic E-state index is -3.18. The zero-order valence-corrected chi connectivity index (χ0v) is 12.1. The molecule has 0 bridgehead atoms. The minimum absolute atomic E-state index is 0.195. The van der Waals surface area contributed by atoms with Crippen LogP contribution in [0.3, 0.4) is 0 Å². The van der Waals surface area contributed by atoms with Gasteiger partial charge in [0.25, 0.3) is 0 Å². The van der Waals surface area contributed by atoms with E-state index in [0.717, 1.165) is 5.56 Å². The first kappa shape index (κ1) is 14.2. The second-order valence-electron chi connectivity index (χ2n) is 5.72. The molecule has 0 spiro atoms. The van der Waals surface area contributed by atoms with Gasteiger partial charge in [0, 0.05) is 0 Å². The molecule has 1 rings (SSSR count). The van der Waals surface area contributed by atoms with Crippen molar-refractivity contribution in [2.45, 2.75) is 39.5 Å². The van der Waals surface area contributed by atoms with Crippen LogP contribution in [0.5, 0.6) is 0 Å². The van der Waals surface area contributed by atoms with E-state index < -0.39 is 9.84 Å². The molecule has 0 heterocycles. The highest BCUT2D eigenvalue weighted by Crippen LogP contribution is 2.30. The van der Waals surface area contributed by atoms with Gasteiger partial charge in [0.05, 0.1) is 10.6 Å². The van der Waals surface area contributed by atoms with Gasteiger partial charge in [-0.15, -0.1) is 0 Å². The first-order chi connectivity index (χ1) is 7.65. The molecule has 96 valence electrons. The van der Waals surface area contributed by atoms with Crippen LogP contribution in [-0.4, -0.2) is 14.2 Å². The summed E-state index contributed by atoms with van der Waals surface area (Å²) in [7, 11) is -3.18. The van der Waals surface area contributed by atoms with Gasteiger partial charge in [0.2, 0.25) is 0 Å². The fraction of sp³-hybridized carbons (Fsp3) is 0.571. The lowest BCUT2D eigenvalue weighted by Gasteiger charge is -2.28. The van der Waals surface area contributed by atoms with Crippen molar-refractivity contribution in [1.29, 1.82) is 0 Å². The predicted octanol–water partition coefficient (Wildman–Crippen LogP) is 3.45. The molecule has 0 fully saturated rings. The highest BCUT2D eigenvalue weighted by atomic mass is 32.2. The molecule has 2 nitrogen and oxygen atoms in total. The number of hydrogen-bond donors (Lipinski definition) is 0. The molecule has 17 heavy (non-hydrogen) atoms. The standard InChI is InChI=1S/C14H22O2S/c1-11(2)14(4,5)10-17(15,16)13-8-6-12(3)7-9-13/h6-9,11H,10H2,1-5H3. The van der Waals surface area contributed by atoms with Gasteiger partial charge in [-0.3, -0.25) is 0 Å². The van der Waals surface area contributed by atoms with Crippen molar-refractivity contribution in [3.63, 3.8) is 0 Å². The fourth-order valence-corrected chi connectivity index (χ4v) is 3.52. The Hall–Kier alpha value is -0.830. The van der Waals surface area contributed by atoms with Crippen LogP contribution in [-0.2, 0) is 9.84 Å². The topological polar surface area (TPSA) is 34.1 Å². The molecule has 1 aromatic rings. The Bertz CT molecular complexity index is 467. The first-order valence-corrected chi connectivity index (χ1v) is 7.60. The Balaban J connectivity index is 3.01. The van der Waals surface area contributed by atoms with Crippen LogP contribution in [0.2, 0.25) is 0 Å². The lowest BCUT2D eigenvalue weighted by molar-refractivity contribution is 0.286. The van der Waals surface area contributed by atoms with E-state index in [4.69, 9.17) is 0 Å². The Morgan fingerprint density at radius 3 is 2.00 bits per heavy atom. The average Bonchev–Trinajstić information content (AvgIpc) is 2.16. The lowest BCUT2D eigenvalue weighted by Crippen LogP contribution is -2.29. The number of aryl methyl sites for hydroxylation is 1. The molecule has 0 aromatic heterocycles. The van der Waals surface area contributed by atoms with Gasteiger partial charge in [-0.1, -0.05) is 45.4 Å². The third-order valence-corrected chi connectivity index (χ3v) is 5.62. The summed E-state index contributed by atoms with van der Waals surface area (Å²) < 4.78 is 24.5. The summed E-state index contributed by atoms with van der Waals surface area (Å²) in [5.41, 5.74) is 0.871. The zero-order chi connectivity index (χ0) is 13.3. The zero-order valence-electron chi connectivity index (χ0n) is 11.3. The molecule has 0 unspecified atom stereocenters. The number of sulfone groups is 1. The molecule has 3 heteroatoms. The van der Waals surface area contributed by atoms with E-state index >= 15 is 0 Å². The Labute approximate surface area is 105 Å². The Morgan fingerprint density at radius 2 is 1.59 bits per heavy atom. The Morgan fingerprint density at radius 1 is 1.12 bits per heavy atom. The predicted molar refractivity (Wildman–Crippen MR) is 71.9 cm³/mol. The van der Waals surface area contributed by atoms with Crippen LogP contribution in [0.25, 0.3) is 0 Å². The maximum atomic E-state index is 12.3. The van der Waals surface area contributed by atoms with Crippen LogP contribution in [0.15, 0.2) is 29.2 Å². The van der Waals surface area contributed by atoms with E-state index in [1.807, 2.05) is 32.9 Å². The van der Waals surface area contributed by atoms with Crippen LogP contribution >= 0.6 is 0 Å². The lowest BCUT2D eigenvalue weighted by atomic mass is 9.83. The number of benzene rings is 1. The van der Waals surface area contributed by atoms with Crippen molar-refractivity contribution in [3.8, 4) is 0 Å². The summed E-state index contributed by atoms with van der Waals surface area (Å²) in [6, 6.07) is 7.08. The summed E-state index contributed by atoms with van der Waals surface area (Å²) in [6.07, 6.45) is 0.